The van der Waals surface area contributed by atoms with E-state index in [4.69, 9.17) is 5.73 Å². The number of piperidine rings is 1. The third kappa shape index (κ3) is 4.20. The number of nitrogens with two attached hydrogens (primary N) is 1. The Hall–Kier alpha value is -4.77. The van der Waals surface area contributed by atoms with Gasteiger partial charge in [-0.2, -0.15) is 0 Å². The Morgan fingerprint density at radius 1 is 1.07 bits per heavy atom. The van der Waals surface area contributed by atoms with Crippen molar-refractivity contribution in [2.45, 2.75) is 44.2 Å². The van der Waals surface area contributed by atoms with E-state index in [-0.39, 0.29) is 11.8 Å². The molecule has 4 N–H and O–H groups in total. The molecule has 0 bridgehead atoms. The zero-order valence-corrected chi connectivity index (χ0v) is 23.0. The van der Waals surface area contributed by atoms with E-state index in [1.165, 1.54) is 0 Å². The molecule has 2 amide bonds. The molecular formula is C30H31N9O2. The molecule has 0 saturated carbocycles. The average Bonchev–Trinajstić information content (AvgIpc) is 3.49. The van der Waals surface area contributed by atoms with Gasteiger partial charge in [-0.3, -0.25) is 20.0 Å². The van der Waals surface area contributed by atoms with Gasteiger partial charge in [-0.25, -0.2) is 5.01 Å². The van der Waals surface area contributed by atoms with Crippen LogP contribution in [0.3, 0.4) is 0 Å². The predicted molar refractivity (Wildman–Crippen MR) is 154 cm³/mol. The minimum absolute atomic E-state index is 0.00928. The summed E-state index contributed by atoms with van der Waals surface area (Å²) in [7, 11) is 0. The van der Waals surface area contributed by atoms with Crippen LogP contribution in [0.1, 0.15) is 43.4 Å². The monoisotopic (exact) mass is 549 g/mol. The van der Waals surface area contributed by atoms with E-state index in [0.29, 0.717) is 32.5 Å². The summed E-state index contributed by atoms with van der Waals surface area (Å²) in [6.07, 6.45) is 6.90. The first-order valence-electron chi connectivity index (χ1n) is 13.8. The van der Waals surface area contributed by atoms with E-state index in [1.54, 1.807) is 30.1 Å². The van der Waals surface area contributed by atoms with Crippen LogP contribution < -0.4 is 16.5 Å². The first kappa shape index (κ1) is 25.2. The first-order chi connectivity index (χ1) is 19.7. The number of aromatic nitrogens is 1. The molecule has 208 valence electrons. The fraction of sp³-hybridized carbons (Fsp3) is 0.300. The summed E-state index contributed by atoms with van der Waals surface area (Å²) in [6.45, 7) is 5.01. The molecule has 3 aromatic rings. The Bertz CT molecular complexity index is 1680. The van der Waals surface area contributed by atoms with Crippen molar-refractivity contribution >= 4 is 34.1 Å². The van der Waals surface area contributed by atoms with Crippen molar-refractivity contribution in [3.05, 3.63) is 89.4 Å². The van der Waals surface area contributed by atoms with Crippen molar-refractivity contribution in [3.63, 3.8) is 0 Å². The van der Waals surface area contributed by atoms with Crippen LogP contribution in [0.4, 0.5) is 5.69 Å². The molecule has 4 aliphatic rings. The molecule has 1 fully saturated rings. The quantitative estimate of drug-likeness (QED) is 0.453. The molecule has 11 heteroatoms. The number of likely N-dealkylation sites (tertiary alicyclic amines) is 1. The van der Waals surface area contributed by atoms with E-state index in [0.717, 1.165) is 44.8 Å². The number of hydrogen-bond acceptors (Lipinski definition) is 9. The maximum absolute atomic E-state index is 13.3. The number of hydrogen-bond donors (Lipinski definition) is 3. The SMILES string of the molecule is CC(C)(N)C(=O)N1CCC2(CC1)C(=O)Nc1cc(C3=CC=C4N(Cc5ccc6ncccc6c5)N=NN4N3)ccc12. The lowest BCUT2D eigenvalue weighted by molar-refractivity contribution is -0.139. The Morgan fingerprint density at radius 2 is 1.90 bits per heavy atom. The van der Waals surface area contributed by atoms with E-state index in [2.05, 4.69) is 38.3 Å². The molecule has 5 heterocycles. The first-order valence-corrected chi connectivity index (χ1v) is 13.8. The lowest BCUT2D eigenvalue weighted by Gasteiger charge is -2.40. The Morgan fingerprint density at radius 3 is 2.71 bits per heavy atom. The van der Waals surface area contributed by atoms with E-state index >= 15 is 0 Å². The molecule has 0 unspecified atom stereocenters. The topological polar surface area (TPSA) is 132 Å². The van der Waals surface area contributed by atoms with Crippen LogP contribution >= 0.6 is 0 Å². The lowest BCUT2D eigenvalue weighted by atomic mass is 9.73. The minimum Gasteiger partial charge on any atom is -0.341 e. The highest BCUT2D eigenvalue weighted by Gasteiger charge is 2.49. The number of nitrogens with zero attached hydrogens (tertiary/aromatic N) is 6. The number of benzene rings is 2. The number of amides is 2. The second-order valence-corrected chi connectivity index (χ2v) is 11.6. The number of nitrogens with one attached hydrogen (secondary N) is 2. The van der Waals surface area contributed by atoms with Crippen molar-refractivity contribution in [2.75, 3.05) is 18.4 Å². The number of fused-ring (bicyclic) bond motifs is 4. The van der Waals surface area contributed by atoms with Crippen molar-refractivity contribution in [3.8, 4) is 0 Å². The van der Waals surface area contributed by atoms with Gasteiger partial charge in [0.2, 0.25) is 11.8 Å². The zero-order chi connectivity index (χ0) is 28.4. The molecule has 0 aliphatic carbocycles. The van der Waals surface area contributed by atoms with Gasteiger partial charge in [0.05, 0.1) is 28.7 Å². The van der Waals surface area contributed by atoms with E-state index in [1.807, 2.05) is 53.6 Å². The van der Waals surface area contributed by atoms with E-state index < -0.39 is 11.0 Å². The summed E-state index contributed by atoms with van der Waals surface area (Å²) in [5.74, 6) is 0.719. The van der Waals surface area contributed by atoms with Crippen LogP contribution in [0.2, 0.25) is 0 Å². The normalized spacial score (nSPS) is 19.1. The average molecular weight is 550 g/mol. The van der Waals surface area contributed by atoms with Gasteiger partial charge in [0, 0.05) is 35.9 Å². The number of anilines is 1. The molecule has 1 aromatic heterocycles. The van der Waals surface area contributed by atoms with Crippen LogP contribution in [0.15, 0.2) is 83.1 Å². The molecule has 2 aromatic carbocycles. The van der Waals surface area contributed by atoms with Gasteiger partial charge in [0.15, 0.2) is 5.82 Å². The second-order valence-electron chi connectivity index (χ2n) is 11.6. The number of rotatable bonds is 4. The van der Waals surface area contributed by atoms with Gasteiger partial charge in [-0.15, -0.1) is 5.12 Å². The molecule has 0 radical (unpaired) electrons. The second kappa shape index (κ2) is 9.13. The van der Waals surface area contributed by atoms with Crippen LogP contribution in [-0.2, 0) is 21.5 Å². The van der Waals surface area contributed by atoms with Crippen LogP contribution in [-0.4, -0.2) is 50.5 Å². The fourth-order valence-electron chi connectivity index (χ4n) is 6.10. The number of carbonyl (C=O) groups excluding carboxylic acids is 2. The van der Waals surface area contributed by atoms with Gasteiger partial charge < -0.3 is 16.0 Å². The zero-order valence-electron chi connectivity index (χ0n) is 23.0. The molecular weight excluding hydrogens is 518 g/mol. The van der Waals surface area contributed by atoms with Gasteiger partial charge in [-0.1, -0.05) is 24.3 Å². The number of carbonyl (C=O) groups is 2. The predicted octanol–water partition coefficient (Wildman–Crippen LogP) is 3.58. The molecule has 7 rings (SSSR count). The molecule has 4 aliphatic heterocycles. The Kier molecular flexibility index (Phi) is 5.62. The van der Waals surface area contributed by atoms with Crippen molar-refractivity contribution < 1.29 is 9.59 Å². The maximum Gasteiger partial charge on any atom is 0.242 e. The number of allylic oxidation sites excluding steroid dienone is 2. The van der Waals surface area contributed by atoms with Crippen molar-refractivity contribution in [1.82, 2.24) is 25.4 Å². The van der Waals surface area contributed by atoms with E-state index in [9.17, 15) is 9.59 Å². The highest BCUT2D eigenvalue weighted by Crippen LogP contribution is 2.46. The van der Waals surface area contributed by atoms with Crippen LogP contribution in [0.5, 0.6) is 0 Å². The highest BCUT2D eigenvalue weighted by molar-refractivity contribution is 6.07. The summed E-state index contributed by atoms with van der Waals surface area (Å²) in [5.41, 5.74) is 13.4. The van der Waals surface area contributed by atoms with Gasteiger partial charge in [0.1, 0.15) is 0 Å². The maximum atomic E-state index is 13.3. The largest absolute Gasteiger partial charge is 0.341 e. The summed E-state index contributed by atoms with van der Waals surface area (Å²) in [4.78, 5) is 32.1. The highest BCUT2D eigenvalue weighted by atomic mass is 16.2. The lowest BCUT2D eigenvalue weighted by Crippen LogP contribution is -2.56. The molecule has 41 heavy (non-hydrogen) atoms. The third-order valence-electron chi connectivity index (χ3n) is 8.33. The summed E-state index contributed by atoms with van der Waals surface area (Å²) >= 11 is 0. The smallest absolute Gasteiger partial charge is 0.242 e. The van der Waals surface area contributed by atoms with Crippen LogP contribution in [0, 0.1) is 0 Å². The Labute approximate surface area is 237 Å². The van der Waals surface area contributed by atoms with Gasteiger partial charge in [-0.05, 0) is 84.7 Å². The molecule has 0 atom stereocenters. The minimum atomic E-state index is -0.926. The van der Waals surface area contributed by atoms with Gasteiger partial charge >= 0.3 is 0 Å². The summed E-state index contributed by atoms with van der Waals surface area (Å²) in [5, 5.41) is 16.3. The molecule has 1 spiro atoms. The third-order valence-corrected chi connectivity index (χ3v) is 8.33. The number of pyridine rings is 1. The fourth-order valence-corrected chi connectivity index (χ4v) is 6.10. The number of hydrazine groups is 1. The summed E-state index contributed by atoms with van der Waals surface area (Å²) < 4.78 is 0. The van der Waals surface area contributed by atoms with Crippen molar-refractivity contribution in [2.24, 2.45) is 16.2 Å². The van der Waals surface area contributed by atoms with Gasteiger partial charge in [0.25, 0.3) is 0 Å². The van der Waals surface area contributed by atoms with Crippen molar-refractivity contribution in [1.29, 1.82) is 0 Å². The summed E-state index contributed by atoms with van der Waals surface area (Å²) in [6, 6.07) is 16.2. The Balaban J connectivity index is 1.08. The van der Waals surface area contributed by atoms with Crippen LogP contribution in [0.25, 0.3) is 16.6 Å². The molecule has 1 saturated heterocycles. The molecule has 11 nitrogen and oxygen atoms in total. The standard InChI is InChI=1S/C30H31N9O2/c1-29(2,31)28(41)37-14-11-30(12-15-37)22-7-6-21(17-25(22)33-27(30)40)24-9-10-26-38(35-36-39(26)34-24)18-19-5-8-23-20(16-19)4-3-13-32-23/h3-10,13,16-17,34H,11-12,14-15,18,31H2,1-2H3,(H,33,40).